The molecule has 0 N–H and O–H groups in total. The van der Waals surface area contributed by atoms with Gasteiger partial charge < -0.3 is 14.4 Å². The molecule has 8 nitrogen and oxygen atoms in total. The maximum absolute atomic E-state index is 12.8. The molecular formula is C17H21N5O3. The molecule has 2 atom stereocenters. The molecule has 1 amide bonds. The normalized spacial score (nSPS) is 26.7. The Hall–Kier alpha value is -2.32. The van der Waals surface area contributed by atoms with Crippen LogP contribution in [-0.4, -0.2) is 68.8 Å². The fourth-order valence-electron chi connectivity index (χ4n) is 3.54. The van der Waals surface area contributed by atoms with Crippen LogP contribution in [0.4, 0.5) is 0 Å². The van der Waals surface area contributed by atoms with E-state index >= 15 is 0 Å². The lowest BCUT2D eigenvalue weighted by molar-refractivity contribution is -0.0881. The summed E-state index contributed by atoms with van der Waals surface area (Å²) in [4.78, 5) is 14.6. The standard InChI is InChI=1S/C17H21N5O3/c23-16(14-3-6-18-19-10-14)21-8-9-24-13-17(12-21)4-2-15(25-17)11-22-7-1-5-20-22/h1,3,5-7,10,15H,2,4,8-9,11-13H2/t15-,17-/m1/s1. The third-order valence-electron chi connectivity index (χ3n) is 4.76. The first-order chi connectivity index (χ1) is 12.2. The van der Waals surface area contributed by atoms with Gasteiger partial charge in [0.15, 0.2) is 0 Å². The molecule has 4 rings (SSSR count). The molecule has 132 valence electrons. The van der Waals surface area contributed by atoms with Crippen LogP contribution in [0.5, 0.6) is 0 Å². The quantitative estimate of drug-likeness (QED) is 0.818. The van der Waals surface area contributed by atoms with Crippen LogP contribution in [-0.2, 0) is 16.0 Å². The van der Waals surface area contributed by atoms with E-state index in [-0.39, 0.29) is 12.0 Å². The van der Waals surface area contributed by atoms with E-state index in [1.54, 1.807) is 17.2 Å². The van der Waals surface area contributed by atoms with Crippen LogP contribution in [0.2, 0.25) is 0 Å². The summed E-state index contributed by atoms with van der Waals surface area (Å²) in [6.45, 7) is 2.83. The summed E-state index contributed by atoms with van der Waals surface area (Å²) in [7, 11) is 0. The SMILES string of the molecule is O=C(c1ccnnc1)N1CCOC[C@@]2(CC[C@H](Cn3cccn3)O2)C1. The Morgan fingerprint density at radius 2 is 2.32 bits per heavy atom. The van der Waals surface area contributed by atoms with Crippen LogP contribution in [0.25, 0.3) is 0 Å². The van der Waals surface area contributed by atoms with E-state index in [0.29, 0.717) is 31.9 Å². The van der Waals surface area contributed by atoms with Crippen LogP contribution in [0.3, 0.4) is 0 Å². The van der Waals surface area contributed by atoms with Gasteiger partial charge in [0.1, 0.15) is 5.60 Å². The fraction of sp³-hybridized carbons (Fsp3) is 0.529. The van der Waals surface area contributed by atoms with Crippen molar-refractivity contribution in [1.82, 2.24) is 24.9 Å². The summed E-state index contributed by atoms with van der Waals surface area (Å²) in [5.74, 6) is -0.0566. The smallest absolute Gasteiger partial charge is 0.255 e. The predicted molar refractivity (Wildman–Crippen MR) is 87.8 cm³/mol. The number of rotatable bonds is 3. The largest absolute Gasteiger partial charge is 0.377 e. The van der Waals surface area contributed by atoms with Gasteiger partial charge in [-0.1, -0.05) is 0 Å². The summed E-state index contributed by atoms with van der Waals surface area (Å²) in [6, 6.07) is 3.59. The van der Waals surface area contributed by atoms with Gasteiger partial charge in [-0.25, -0.2) is 0 Å². The summed E-state index contributed by atoms with van der Waals surface area (Å²) >= 11 is 0. The molecule has 1 spiro atoms. The molecule has 2 aromatic rings. The average molecular weight is 343 g/mol. The van der Waals surface area contributed by atoms with Crippen LogP contribution in [0, 0.1) is 0 Å². The second-order valence-corrected chi connectivity index (χ2v) is 6.60. The molecule has 2 aliphatic heterocycles. The van der Waals surface area contributed by atoms with Gasteiger partial charge in [-0.15, -0.1) is 0 Å². The van der Waals surface area contributed by atoms with Crippen LogP contribution in [0.15, 0.2) is 36.9 Å². The average Bonchev–Trinajstić information content (AvgIpc) is 3.23. The van der Waals surface area contributed by atoms with E-state index in [1.807, 2.05) is 16.9 Å². The molecule has 0 aliphatic carbocycles. The first-order valence-corrected chi connectivity index (χ1v) is 8.53. The molecule has 8 heteroatoms. The fourth-order valence-corrected chi connectivity index (χ4v) is 3.54. The second-order valence-electron chi connectivity index (χ2n) is 6.60. The monoisotopic (exact) mass is 343 g/mol. The number of carbonyl (C=O) groups is 1. The van der Waals surface area contributed by atoms with Crippen molar-refractivity contribution >= 4 is 5.91 Å². The molecule has 2 saturated heterocycles. The third-order valence-corrected chi connectivity index (χ3v) is 4.76. The Morgan fingerprint density at radius 1 is 1.36 bits per heavy atom. The molecule has 2 aliphatic rings. The summed E-state index contributed by atoms with van der Waals surface area (Å²) in [6.07, 6.45) is 8.62. The van der Waals surface area contributed by atoms with Gasteiger partial charge in [0, 0.05) is 18.9 Å². The second kappa shape index (κ2) is 6.89. The summed E-state index contributed by atoms with van der Waals surface area (Å²) in [5.41, 5.74) is 0.0999. The van der Waals surface area contributed by atoms with Gasteiger partial charge in [0.05, 0.1) is 50.4 Å². The van der Waals surface area contributed by atoms with Gasteiger partial charge in [-0.2, -0.15) is 15.3 Å². The first kappa shape index (κ1) is 16.2. The lowest BCUT2D eigenvalue weighted by Gasteiger charge is -2.32. The van der Waals surface area contributed by atoms with E-state index in [0.717, 1.165) is 19.4 Å². The Labute approximate surface area is 145 Å². The number of ether oxygens (including phenoxy) is 2. The minimum absolute atomic E-state index is 0.0566. The molecule has 2 aromatic heterocycles. The molecule has 0 bridgehead atoms. The molecule has 2 fully saturated rings. The minimum Gasteiger partial charge on any atom is -0.377 e. The Morgan fingerprint density at radius 3 is 3.12 bits per heavy atom. The van der Waals surface area contributed by atoms with Gasteiger partial charge in [-0.05, 0) is 25.0 Å². The zero-order chi connectivity index (χ0) is 17.1. The molecular weight excluding hydrogens is 322 g/mol. The van der Waals surface area contributed by atoms with Gasteiger partial charge >= 0.3 is 0 Å². The minimum atomic E-state index is -0.440. The molecule has 0 aromatic carbocycles. The van der Waals surface area contributed by atoms with E-state index in [9.17, 15) is 4.79 Å². The molecule has 25 heavy (non-hydrogen) atoms. The first-order valence-electron chi connectivity index (χ1n) is 8.53. The highest BCUT2D eigenvalue weighted by Gasteiger charge is 2.44. The van der Waals surface area contributed by atoms with E-state index < -0.39 is 5.60 Å². The highest BCUT2D eigenvalue weighted by Crippen LogP contribution is 2.34. The van der Waals surface area contributed by atoms with Crippen LogP contribution < -0.4 is 0 Å². The van der Waals surface area contributed by atoms with E-state index in [1.165, 1.54) is 12.4 Å². The maximum Gasteiger partial charge on any atom is 0.255 e. The zero-order valence-corrected chi connectivity index (χ0v) is 14.0. The van der Waals surface area contributed by atoms with Crippen molar-refractivity contribution in [3.05, 3.63) is 42.5 Å². The maximum atomic E-state index is 12.8. The van der Waals surface area contributed by atoms with Gasteiger partial charge in [0.2, 0.25) is 0 Å². The highest BCUT2D eigenvalue weighted by atomic mass is 16.6. The molecule has 0 radical (unpaired) electrons. The Kier molecular flexibility index (Phi) is 4.46. The van der Waals surface area contributed by atoms with Crippen molar-refractivity contribution in [3.8, 4) is 0 Å². The van der Waals surface area contributed by atoms with Crippen molar-refractivity contribution < 1.29 is 14.3 Å². The zero-order valence-electron chi connectivity index (χ0n) is 14.0. The van der Waals surface area contributed by atoms with Crippen molar-refractivity contribution in [2.24, 2.45) is 0 Å². The Balaban J connectivity index is 1.46. The number of carbonyl (C=O) groups excluding carboxylic acids is 1. The van der Waals surface area contributed by atoms with Gasteiger partial charge in [0.25, 0.3) is 5.91 Å². The number of aromatic nitrogens is 4. The highest BCUT2D eigenvalue weighted by molar-refractivity contribution is 5.93. The summed E-state index contributed by atoms with van der Waals surface area (Å²) in [5, 5.41) is 11.8. The lowest BCUT2D eigenvalue weighted by atomic mass is 10.00. The molecule has 4 heterocycles. The Bertz CT molecular complexity index is 708. The number of amides is 1. The third kappa shape index (κ3) is 3.54. The molecule has 0 saturated carbocycles. The van der Waals surface area contributed by atoms with Crippen molar-refractivity contribution in [2.75, 3.05) is 26.3 Å². The number of nitrogens with zero attached hydrogens (tertiary/aromatic N) is 5. The topological polar surface area (TPSA) is 82.4 Å². The van der Waals surface area contributed by atoms with Crippen LogP contribution in [0.1, 0.15) is 23.2 Å². The van der Waals surface area contributed by atoms with Gasteiger partial charge in [-0.3, -0.25) is 9.48 Å². The van der Waals surface area contributed by atoms with Crippen molar-refractivity contribution in [3.63, 3.8) is 0 Å². The summed E-state index contributed by atoms with van der Waals surface area (Å²) < 4.78 is 14.0. The predicted octanol–water partition coefficient (Wildman–Crippen LogP) is 0.763. The van der Waals surface area contributed by atoms with E-state index in [2.05, 4.69) is 15.3 Å². The lowest BCUT2D eigenvalue weighted by Crippen LogP contribution is -2.46. The van der Waals surface area contributed by atoms with Crippen molar-refractivity contribution in [1.29, 1.82) is 0 Å². The number of hydrogen-bond acceptors (Lipinski definition) is 6. The molecule has 0 unspecified atom stereocenters. The van der Waals surface area contributed by atoms with Crippen LogP contribution >= 0.6 is 0 Å². The number of hydrogen-bond donors (Lipinski definition) is 0. The van der Waals surface area contributed by atoms with Crippen molar-refractivity contribution in [2.45, 2.75) is 31.1 Å². The van der Waals surface area contributed by atoms with E-state index in [4.69, 9.17) is 9.47 Å².